The van der Waals surface area contributed by atoms with Crippen molar-refractivity contribution in [3.63, 3.8) is 0 Å². The van der Waals surface area contributed by atoms with Crippen LogP contribution in [0.4, 0.5) is 4.39 Å². The first-order chi connectivity index (χ1) is 8.63. The number of rotatable bonds is 3. The van der Waals surface area contributed by atoms with Gasteiger partial charge in [0.15, 0.2) is 0 Å². The van der Waals surface area contributed by atoms with Gasteiger partial charge in [-0.1, -0.05) is 34.7 Å². The minimum Gasteiger partial charge on any atom is -0.302 e. The highest BCUT2D eigenvalue weighted by molar-refractivity contribution is 14.1. The molecule has 3 atom stereocenters. The molecule has 0 bridgehead atoms. The molecule has 0 aliphatic carbocycles. The lowest BCUT2D eigenvalue weighted by Gasteiger charge is -2.40. The summed E-state index contributed by atoms with van der Waals surface area (Å²) >= 11 is 2.36. The highest BCUT2D eigenvalue weighted by Gasteiger charge is 2.32. The molecule has 98 valence electrons. The number of hydrogen-bond donors (Lipinski definition) is 0. The first kappa shape index (κ1) is 13.9. The van der Waals surface area contributed by atoms with Gasteiger partial charge in [-0.2, -0.15) is 0 Å². The maximum absolute atomic E-state index is 12.9. The summed E-state index contributed by atoms with van der Waals surface area (Å²) in [5, 5.41) is 0. The molecular weight excluding hydrogens is 344 g/mol. The van der Waals surface area contributed by atoms with Crippen molar-refractivity contribution in [3.8, 4) is 0 Å². The van der Waals surface area contributed by atoms with Gasteiger partial charge in [0.05, 0.1) is 6.04 Å². The molecule has 1 aromatic rings. The Morgan fingerprint density at radius 2 is 2.11 bits per heavy atom. The number of carbonyl (C=O) groups is 1. The Bertz CT molecular complexity index is 409. The van der Waals surface area contributed by atoms with Crippen LogP contribution in [0.1, 0.15) is 31.4 Å². The Hall–Kier alpha value is -0.490. The van der Waals surface area contributed by atoms with Gasteiger partial charge in [0, 0.05) is 9.97 Å². The van der Waals surface area contributed by atoms with E-state index in [4.69, 9.17) is 0 Å². The summed E-state index contributed by atoms with van der Waals surface area (Å²) in [5.41, 5.74) is 1.06. The molecule has 2 nitrogen and oxygen atoms in total. The van der Waals surface area contributed by atoms with Gasteiger partial charge in [0.25, 0.3) is 0 Å². The van der Waals surface area contributed by atoms with Gasteiger partial charge in [-0.15, -0.1) is 0 Å². The second-order valence-electron chi connectivity index (χ2n) is 4.75. The zero-order valence-corrected chi connectivity index (χ0v) is 12.5. The van der Waals surface area contributed by atoms with Gasteiger partial charge in [-0.3, -0.25) is 4.90 Å². The smallest absolute Gasteiger partial charge is 0.138 e. The normalized spacial score (nSPS) is 26.8. The van der Waals surface area contributed by atoms with Crippen molar-refractivity contribution in [2.45, 2.75) is 35.8 Å². The predicted molar refractivity (Wildman–Crippen MR) is 78.4 cm³/mol. The molecule has 1 aliphatic heterocycles. The fraction of sp³-hybridized carbons (Fsp3) is 0.500. The van der Waals surface area contributed by atoms with E-state index in [2.05, 4.69) is 34.4 Å². The summed E-state index contributed by atoms with van der Waals surface area (Å²) in [7, 11) is 0. The molecule has 1 heterocycles. The molecule has 1 aromatic carbocycles. The third kappa shape index (κ3) is 2.91. The van der Waals surface area contributed by atoms with Crippen LogP contribution in [-0.4, -0.2) is 27.7 Å². The molecule has 1 saturated heterocycles. The topological polar surface area (TPSA) is 20.3 Å². The summed E-state index contributed by atoms with van der Waals surface area (Å²) in [5.74, 6) is -0.219. The first-order valence-electron chi connectivity index (χ1n) is 6.24. The zero-order valence-electron chi connectivity index (χ0n) is 10.4. The largest absolute Gasteiger partial charge is 0.302 e. The Kier molecular flexibility index (Phi) is 4.72. The van der Waals surface area contributed by atoms with Crippen LogP contribution in [0.15, 0.2) is 24.3 Å². The van der Waals surface area contributed by atoms with Gasteiger partial charge in [-0.05, 0) is 44.0 Å². The molecule has 1 fully saturated rings. The molecule has 2 unspecified atom stereocenters. The van der Waals surface area contributed by atoms with Crippen molar-refractivity contribution >= 4 is 28.9 Å². The van der Waals surface area contributed by atoms with Crippen molar-refractivity contribution < 1.29 is 9.18 Å². The third-order valence-corrected chi connectivity index (χ3v) is 5.00. The van der Waals surface area contributed by atoms with Gasteiger partial charge in [-0.25, -0.2) is 4.39 Å². The third-order valence-electron chi connectivity index (χ3n) is 3.64. The van der Waals surface area contributed by atoms with Crippen LogP contribution < -0.4 is 0 Å². The van der Waals surface area contributed by atoms with E-state index in [1.807, 2.05) is 0 Å². The van der Waals surface area contributed by atoms with Gasteiger partial charge < -0.3 is 4.79 Å². The van der Waals surface area contributed by atoms with Crippen LogP contribution in [0, 0.1) is 5.82 Å². The van der Waals surface area contributed by atoms with Gasteiger partial charge in [0.1, 0.15) is 12.1 Å². The molecule has 4 heteroatoms. The van der Waals surface area contributed by atoms with Crippen molar-refractivity contribution in [1.82, 2.24) is 4.90 Å². The molecule has 1 aliphatic rings. The molecule has 0 N–H and O–H groups in total. The van der Waals surface area contributed by atoms with Gasteiger partial charge in [0.2, 0.25) is 0 Å². The predicted octanol–water partition coefficient (Wildman–Crippen LogP) is 3.35. The van der Waals surface area contributed by atoms with Crippen molar-refractivity contribution in [2.75, 3.05) is 6.54 Å². The van der Waals surface area contributed by atoms with E-state index in [1.165, 1.54) is 12.1 Å². The van der Waals surface area contributed by atoms with E-state index >= 15 is 0 Å². The zero-order chi connectivity index (χ0) is 13.1. The molecular formula is C14H17FINO. The highest BCUT2D eigenvalue weighted by atomic mass is 127. The SMILES string of the molecule is C[C@@H](c1ccc(F)cc1)N1CCCC(I)C1C=O. The fourth-order valence-electron chi connectivity index (χ4n) is 2.54. The van der Waals surface area contributed by atoms with E-state index in [9.17, 15) is 9.18 Å². The van der Waals surface area contributed by atoms with E-state index in [0.717, 1.165) is 31.2 Å². The lowest BCUT2D eigenvalue weighted by Crippen LogP contribution is -2.47. The molecule has 0 spiro atoms. The summed E-state index contributed by atoms with van der Waals surface area (Å²) in [6.07, 6.45) is 3.26. The molecule has 18 heavy (non-hydrogen) atoms. The quantitative estimate of drug-likeness (QED) is 0.468. The minimum absolute atomic E-state index is 0.0283. The Morgan fingerprint density at radius 3 is 2.72 bits per heavy atom. The fourth-order valence-corrected chi connectivity index (χ4v) is 3.57. The maximum atomic E-state index is 12.9. The summed E-state index contributed by atoms with van der Waals surface area (Å²) in [6, 6.07) is 6.69. The average Bonchev–Trinajstić information content (AvgIpc) is 2.38. The summed E-state index contributed by atoms with van der Waals surface area (Å²) in [6.45, 7) is 3.01. The Labute approximate surface area is 121 Å². The number of alkyl halides is 1. The van der Waals surface area contributed by atoms with Crippen LogP contribution in [0.2, 0.25) is 0 Å². The van der Waals surface area contributed by atoms with E-state index < -0.39 is 0 Å². The molecule has 0 amide bonds. The van der Waals surface area contributed by atoms with Crippen LogP contribution in [0.3, 0.4) is 0 Å². The van der Waals surface area contributed by atoms with E-state index in [-0.39, 0.29) is 17.9 Å². The number of hydrogen-bond acceptors (Lipinski definition) is 2. The first-order valence-corrected chi connectivity index (χ1v) is 7.48. The van der Waals surface area contributed by atoms with Crippen LogP contribution in [0.25, 0.3) is 0 Å². The highest BCUT2D eigenvalue weighted by Crippen LogP contribution is 2.31. The van der Waals surface area contributed by atoms with Crippen molar-refractivity contribution in [3.05, 3.63) is 35.6 Å². The molecule has 0 saturated carbocycles. The number of aldehydes is 1. The number of halogens is 2. The number of carbonyl (C=O) groups excluding carboxylic acids is 1. The number of piperidine rings is 1. The molecule has 0 radical (unpaired) electrons. The van der Waals surface area contributed by atoms with Gasteiger partial charge >= 0.3 is 0 Å². The second-order valence-corrected chi connectivity index (χ2v) is 6.35. The van der Waals surface area contributed by atoms with E-state index in [1.54, 1.807) is 12.1 Å². The summed E-state index contributed by atoms with van der Waals surface area (Å²) < 4.78 is 13.3. The monoisotopic (exact) mass is 361 g/mol. The van der Waals surface area contributed by atoms with Crippen molar-refractivity contribution in [1.29, 1.82) is 0 Å². The lowest BCUT2D eigenvalue weighted by molar-refractivity contribution is -0.114. The maximum Gasteiger partial charge on any atom is 0.138 e. The number of likely N-dealkylation sites (tertiary alicyclic amines) is 1. The van der Waals surface area contributed by atoms with Crippen LogP contribution >= 0.6 is 22.6 Å². The standard InChI is InChI=1S/C14H17FINO/c1-10(11-4-6-12(15)7-5-11)17-8-2-3-13(16)14(17)9-18/h4-7,9-10,13-14H,2-3,8H2,1H3/t10-,13?,14?/m0/s1. The average molecular weight is 361 g/mol. The van der Waals surface area contributed by atoms with E-state index in [0.29, 0.717) is 3.92 Å². The second kappa shape index (κ2) is 6.10. The van der Waals surface area contributed by atoms with Crippen LogP contribution in [-0.2, 0) is 4.79 Å². The minimum atomic E-state index is -0.219. The summed E-state index contributed by atoms with van der Waals surface area (Å²) in [4.78, 5) is 13.5. The number of benzene rings is 1. The molecule has 0 aromatic heterocycles. The van der Waals surface area contributed by atoms with Crippen LogP contribution in [0.5, 0.6) is 0 Å². The Balaban J connectivity index is 2.18. The number of nitrogens with zero attached hydrogens (tertiary/aromatic N) is 1. The Morgan fingerprint density at radius 1 is 1.44 bits per heavy atom. The van der Waals surface area contributed by atoms with Crippen molar-refractivity contribution in [2.24, 2.45) is 0 Å². The lowest BCUT2D eigenvalue weighted by atomic mass is 9.98. The molecule has 2 rings (SSSR count).